The van der Waals surface area contributed by atoms with Gasteiger partial charge in [-0.15, -0.1) is 0 Å². The molecule has 26 heavy (non-hydrogen) atoms. The van der Waals surface area contributed by atoms with Gasteiger partial charge < -0.3 is 14.3 Å². The van der Waals surface area contributed by atoms with Gasteiger partial charge >= 0.3 is 0 Å². The van der Waals surface area contributed by atoms with Crippen molar-refractivity contribution in [3.8, 4) is 0 Å². The third-order valence-corrected chi connectivity index (χ3v) is 10.3. The lowest BCUT2D eigenvalue weighted by molar-refractivity contribution is -0.0709. The van der Waals surface area contributed by atoms with Gasteiger partial charge in [-0.25, -0.2) is 0 Å². The van der Waals surface area contributed by atoms with Gasteiger partial charge in [0, 0.05) is 0 Å². The van der Waals surface area contributed by atoms with E-state index in [0.717, 1.165) is 12.8 Å². The summed E-state index contributed by atoms with van der Waals surface area (Å²) < 4.78 is 12.7. The average Bonchev–Trinajstić information content (AvgIpc) is 2.64. The summed E-state index contributed by atoms with van der Waals surface area (Å²) in [4.78, 5) is 0. The molecule has 0 amide bonds. The van der Waals surface area contributed by atoms with E-state index >= 15 is 0 Å². The predicted octanol–water partition coefficient (Wildman–Crippen LogP) is 3.10. The molecule has 0 spiro atoms. The highest BCUT2D eigenvalue weighted by Gasteiger charge is 2.50. The second-order valence-electron chi connectivity index (χ2n) is 8.16. The van der Waals surface area contributed by atoms with E-state index in [0.29, 0.717) is 13.2 Å². The van der Waals surface area contributed by atoms with Crippen LogP contribution < -0.4 is 10.4 Å². The van der Waals surface area contributed by atoms with Crippen LogP contribution in [0.5, 0.6) is 0 Å². The van der Waals surface area contributed by atoms with Crippen LogP contribution in [0.2, 0.25) is 5.04 Å². The average molecular weight is 371 g/mol. The van der Waals surface area contributed by atoms with Crippen molar-refractivity contribution in [1.29, 1.82) is 0 Å². The van der Waals surface area contributed by atoms with E-state index in [2.05, 4.69) is 81.4 Å². The van der Waals surface area contributed by atoms with Gasteiger partial charge in [-0.05, 0) is 28.3 Å². The molecule has 1 aliphatic heterocycles. The number of hydrogen-bond acceptors (Lipinski definition) is 3. The Balaban J connectivity index is 1.97. The van der Waals surface area contributed by atoms with Crippen LogP contribution in [0.15, 0.2) is 60.7 Å². The molecule has 3 nitrogen and oxygen atoms in total. The molecule has 0 unspecified atom stereocenters. The lowest BCUT2D eigenvalue weighted by Gasteiger charge is -2.44. The number of rotatable bonds is 5. The Labute approximate surface area is 158 Å². The van der Waals surface area contributed by atoms with Crippen molar-refractivity contribution in [1.82, 2.24) is 0 Å². The topological polar surface area (TPSA) is 38.7 Å². The molecule has 4 heteroatoms. The van der Waals surface area contributed by atoms with Gasteiger partial charge in [0.05, 0.1) is 25.4 Å². The molecule has 1 aliphatic rings. The van der Waals surface area contributed by atoms with Crippen LogP contribution in [-0.2, 0) is 9.16 Å². The number of benzene rings is 2. The van der Waals surface area contributed by atoms with Crippen LogP contribution in [0.1, 0.15) is 33.6 Å². The second-order valence-corrected chi connectivity index (χ2v) is 12.5. The minimum Gasteiger partial charge on any atom is -0.405 e. The van der Waals surface area contributed by atoms with Crippen LogP contribution in [0.4, 0.5) is 0 Å². The molecule has 0 aliphatic carbocycles. The zero-order valence-electron chi connectivity index (χ0n) is 16.0. The highest BCUT2D eigenvalue weighted by Crippen LogP contribution is 2.37. The SMILES string of the molecule is CC(C)(C)[Si](OC[C@@H]1CC[C@@H](O)CO1)(c1ccccc1)c1ccccc1. The van der Waals surface area contributed by atoms with Crippen LogP contribution in [0, 0.1) is 0 Å². The second kappa shape index (κ2) is 8.05. The maximum Gasteiger partial charge on any atom is 0.261 e. The molecule has 0 aromatic heterocycles. The maximum atomic E-state index is 9.68. The molecule has 1 N–H and O–H groups in total. The largest absolute Gasteiger partial charge is 0.405 e. The molecule has 0 saturated carbocycles. The summed E-state index contributed by atoms with van der Waals surface area (Å²) in [7, 11) is -2.49. The zero-order valence-corrected chi connectivity index (χ0v) is 17.0. The van der Waals surface area contributed by atoms with E-state index in [9.17, 15) is 5.11 Å². The molecule has 2 atom stereocenters. The van der Waals surface area contributed by atoms with E-state index in [1.807, 2.05) is 0 Å². The summed E-state index contributed by atoms with van der Waals surface area (Å²) in [6.07, 6.45) is 1.35. The number of ether oxygens (including phenoxy) is 1. The number of hydrogen-bond donors (Lipinski definition) is 1. The quantitative estimate of drug-likeness (QED) is 0.822. The minimum absolute atomic E-state index is 0.0239. The molecule has 1 saturated heterocycles. The van der Waals surface area contributed by atoms with Crippen LogP contribution in [0.3, 0.4) is 0 Å². The minimum atomic E-state index is -2.49. The monoisotopic (exact) mass is 370 g/mol. The Bertz CT molecular complexity index is 634. The van der Waals surface area contributed by atoms with Gasteiger partial charge in [0.25, 0.3) is 8.32 Å². The predicted molar refractivity (Wildman–Crippen MR) is 109 cm³/mol. The summed E-state index contributed by atoms with van der Waals surface area (Å²) in [6.45, 7) is 7.83. The van der Waals surface area contributed by atoms with Gasteiger partial charge in [0.2, 0.25) is 0 Å². The molecule has 1 heterocycles. The van der Waals surface area contributed by atoms with Crippen LogP contribution >= 0.6 is 0 Å². The molecule has 0 bridgehead atoms. The lowest BCUT2D eigenvalue weighted by atomic mass is 10.1. The van der Waals surface area contributed by atoms with Crippen molar-refractivity contribution < 1.29 is 14.3 Å². The van der Waals surface area contributed by atoms with Crippen molar-refractivity contribution in [2.24, 2.45) is 0 Å². The van der Waals surface area contributed by atoms with Crippen molar-refractivity contribution in [3.05, 3.63) is 60.7 Å². The van der Waals surface area contributed by atoms with Crippen molar-refractivity contribution in [2.45, 2.75) is 50.9 Å². The Kier molecular flexibility index (Phi) is 5.98. The normalized spacial score (nSPS) is 21.5. The van der Waals surface area contributed by atoms with Gasteiger partial charge in [-0.3, -0.25) is 0 Å². The molecular weight excluding hydrogens is 340 g/mol. The molecule has 1 fully saturated rings. The Morgan fingerprint density at radius 3 is 1.92 bits per heavy atom. The van der Waals surface area contributed by atoms with E-state index < -0.39 is 8.32 Å². The summed E-state index contributed by atoms with van der Waals surface area (Å²) >= 11 is 0. The summed E-state index contributed by atoms with van der Waals surface area (Å²) in [5.74, 6) is 0. The molecule has 3 rings (SSSR count). The first-order valence-corrected chi connectivity index (χ1v) is 11.4. The summed E-state index contributed by atoms with van der Waals surface area (Å²) in [6, 6.07) is 21.3. The first-order valence-electron chi connectivity index (χ1n) is 9.48. The van der Waals surface area contributed by atoms with Gasteiger partial charge in [-0.2, -0.15) is 0 Å². The van der Waals surface area contributed by atoms with Crippen LogP contribution in [0.25, 0.3) is 0 Å². The number of aliphatic hydroxyl groups excluding tert-OH is 1. The van der Waals surface area contributed by atoms with Crippen molar-refractivity contribution in [2.75, 3.05) is 13.2 Å². The Morgan fingerprint density at radius 2 is 1.50 bits per heavy atom. The third kappa shape index (κ3) is 3.94. The highest BCUT2D eigenvalue weighted by molar-refractivity contribution is 6.99. The highest BCUT2D eigenvalue weighted by atomic mass is 28.4. The smallest absolute Gasteiger partial charge is 0.261 e. The zero-order chi connectivity index (χ0) is 18.6. The molecule has 140 valence electrons. The maximum absolute atomic E-state index is 9.68. The molecule has 2 aromatic carbocycles. The van der Waals surface area contributed by atoms with E-state index in [1.54, 1.807) is 0 Å². The Morgan fingerprint density at radius 1 is 0.962 bits per heavy atom. The van der Waals surface area contributed by atoms with Crippen LogP contribution in [-0.4, -0.2) is 38.8 Å². The Hall–Kier alpha value is -1.46. The molecule has 2 aromatic rings. The third-order valence-electron chi connectivity index (χ3n) is 5.25. The van der Waals surface area contributed by atoms with Crippen molar-refractivity contribution >= 4 is 18.7 Å². The van der Waals surface area contributed by atoms with E-state index in [-0.39, 0.29) is 17.2 Å². The summed E-state index contributed by atoms with van der Waals surface area (Å²) in [5.41, 5.74) is 0. The van der Waals surface area contributed by atoms with E-state index in [4.69, 9.17) is 9.16 Å². The van der Waals surface area contributed by atoms with Crippen molar-refractivity contribution in [3.63, 3.8) is 0 Å². The lowest BCUT2D eigenvalue weighted by Crippen LogP contribution is -2.67. The van der Waals surface area contributed by atoms with Gasteiger partial charge in [0.1, 0.15) is 0 Å². The fraction of sp³-hybridized carbons (Fsp3) is 0.455. The standard InChI is InChI=1S/C22H30O3Si/c1-22(2,3)26(20-10-6-4-7-11-20,21-12-8-5-9-13-21)25-17-19-15-14-18(23)16-24-19/h4-13,18-19,23H,14-17H2,1-3H3/t18-,19+/m1/s1. The van der Waals surface area contributed by atoms with Gasteiger partial charge in [0.15, 0.2) is 0 Å². The summed E-state index contributed by atoms with van der Waals surface area (Å²) in [5, 5.41) is 12.2. The fourth-order valence-electron chi connectivity index (χ4n) is 3.90. The molecule has 0 radical (unpaired) electrons. The first kappa shape index (κ1) is 19.3. The van der Waals surface area contributed by atoms with E-state index in [1.165, 1.54) is 10.4 Å². The number of aliphatic hydroxyl groups is 1. The fourth-order valence-corrected chi connectivity index (χ4v) is 8.49. The molecular formula is C22H30O3Si. The first-order chi connectivity index (χ1) is 12.4. The van der Waals surface area contributed by atoms with Gasteiger partial charge in [-0.1, -0.05) is 81.4 Å².